The Morgan fingerprint density at radius 2 is 1.55 bits per heavy atom. The molecule has 0 bridgehead atoms. The van der Waals surface area contributed by atoms with Gasteiger partial charge in [0.25, 0.3) is 10.0 Å². The third-order valence-corrected chi connectivity index (χ3v) is 7.60. The van der Waals surface area contributed by atoms with Gasteiger partial charge in [0.05, 0.1) is 10.6 Å². The van der Waals surface area contributed by atoms with Gasteiger partial charge in [-0.1, -0.05) is 61.3 Å². The summed E-state index contributed by atoms with van der Waals surface area (Å²) in [5, 5.41) is 3.47. The van der Waals surface area contributed by atoms with Crippen LogP contribution in [0.25, 0.3) is 0 Å². The molecular formula is C26H29ClN2O3S. The fourth-order valence-corrected chi connectivity index (χ4v) is 5.46. The molecule has 0 atom stereocenters. The zero-order chi connectivity index (χ0) is 24.2. The minimum absolute atomic E-state index is 0.124. The molecule has 1 amide bonds. The molecule has 3 aromatic rings. The Bertz CT molecular complexity index is 1230. The smallest absolute Gasteiger partial charge is 0.264 e. The van der Waals surface area contributed by atoms with E-state index in [1.807, 2.05) is 39.0 Å². The van der Waals surface area contributed by atoms with Crippen LogP contribution in [0.3, 0.4) is 0 Å². The van der Waals surface area contributed by atoms with Crippen molar-refractivity contribution in [3.05, 3.63) is 87.9 Å². The highest BCUT2D eigenvalue weighted by Crippen LogP contribution is 2.29. The van der Waals surface area contributed by atoms with E-state index >= 15 is 0 Å². The lowest BCUT2D eigenvalue weighted by Gasteiger charge is -2.26. The van der Waals surface area contributed by atoms with Crippen LogP contribution in [0.4, 0.5) is 11.4 Å². The van der Waals surface area contributed by atoms with Crippen LogP contribution >= 0.6 is 11.6 Å². The van der Waals surface area contributed by atoms with Crippen LogP contribution in [0.5, 0.6) is 0 Å². The predicted octanol–water partition coefficient (Wildman–Crippen LogP) is 5.92. The summed E-state index contributed by atoms with van der Waals surface area (Å²) in [5.74, 6) is -0.407. The molecule has 0 heterocycles. The van der Waals surface area contributed by atoms with Gasteiger partial charge in [0, 0.05) is 10.7 Å². The third-order valence-electron chi connectivity index (χ3n) is 5.59. The fraction of sp³-hybridized carbons (Fsp3) is 0.269. The van der Waals surface area contributed by atoms with Crippen molar-refractivity contribution in [1.82, 2.24) is 0 Å². The number of carbonyl (C=O) groups excluding carboxylic acids is 1. The van der Waals surface area contributed by atoms with Crippen molar-refractivity contribution in [2.24, 2.45) is 0 Å². The molecule has 3 aromatic carbocycles. The van der Waals surface area contributed by atoms with Crippen molar-refractivity contribution in [2.45, 2.75) is 45.4 Å². The van der Waals surface area contributed by atoms with E-state index in [1.54, 1.807) is 49.4 Å². The lowest BCUT2D eigenvalue weighted by molar-refractivity contribution is -0.114. The molecule has 0 saturated heterocycles. The van der Waals surface area contributed by atoms with E-state index in [9.17, 15) is 13.2 Å². The Labute approximate surface area is 201 Å². The number of amides is 1. The first-order valence-electron chi connectivity index (χ1n) is 10.9. The highest BCUT2D eigenvalue weighted by molar-refractivity contribution is 7.92. The summed E-state index contributed by atoms with van der Waals surface area (Å²) >= 11 is 6.10. The first-order valence-corrected chi connectivity index (χ1v) is 12.7. The van der Waals surface area contributed by atoms with E-state index in [0.717, 1.165) is 39.5 Å². The maximum absolute atomic E-state index is 13.6. The number of benzene rings is 3. The monoisotopic (exact) mass is 484 g/mol. The molecule has 0 unspecified atom stereocenters. The van der Waals surface area contributed by atoms with E-state index in [-0.39, 0.29) is 11.4 Å². The van der Waals surface area contributed by atoms with Crippen LogP contribution < -0.4 is 9.62 Å². The summed E-state index contributed by atoms with van der Waals surface area (Å²) in [4.78, 5) is 13.3. The molecular weight excluding hydrogens is 456 g/mol. The molecule has 0 aliphatic heterocycles. The third kappa shape index (κ3) is 5.57. The fourth-order valence-electron chi connectivity index (χ4n) is 3.75. The Balaban J connectivity index is 2.02. The maximum atomic E-state index is 13.6. The van der Waals surface area contributed by atoms with Gasteiger partial charge in [0.1, 0.15) is 6.54 Å². The Kier molecular flexibility index (Phi) is 7.82. The van der Waals surface area contributed by atoms with Gasteiger partial charge < -0.3 is 5.32 Å². The van der Waals surface area contributed by atoms with Crippen molar-refractivity contribution in [3.63, 3.8) is 0 Å². The number of hydrogen-bond donors (Lipinski definition) is 1. The average Bonchev–Trinajstić information content (AvgIpc) is 2.78. The molecule has 0 fully saturated rings. The number of anilines is 2. The Morgan fingerprint density at radius 1 is 0.939 bits per heavy atom. The number of rotatable bonds is 8. The first-order chi connectivity index (χ1) is 15.7. The van der Waals surface area contributed by atoms with Crippen LogP contribution in [-0.4, -0.2) is 20.9 Å². The van der Waals surface area contributed by atoms with Crippen LogP contribution in [0, 0.1) is 13.8 Å². The van der Waals surface area contributed by atoms with Crippen LogP contribution in [0.2, 0.25) is 5.02 Å². The van der Waals surface area contributed by atoms with Gasteiger partial charge in [0.2, 0.25) is 5.91 Å². The highest BCUT2D eigenvalue weighted by Gasteiger charge is 2.28. The molecule has 174 valence electrons. The van der Waals surface area contributed by atoms with Gasteiger partial charge in [0.15, 0.2) is 0 Å². The number of para-hydroxylation sites is 1. The number of halogens is 1. The summed E-state index contributed by atoms with van der Waals surface area (Å²) < 4.78 is 28.4. The minimum Gasteiger partial charge on any atom is -0.324 e. The SMILES string of the molecule is CCc1cccc(CC)c1NC(=O)CN(c1ccc(Cl)cc1C)S(=O)(=O)c1ccc(C)cc1. The summed E-state index contributed by atoms with van der Waals surface area (Å²) in [6.07, 6.45) is 1.51. The van der Waals surface area contributed by atoms with Gasteiger partial charge in [-0.3, -0.25) is 9.10 Å². The molecule has 1 N–H and O–H groups in total. The highest BCUT2D eigenvalue weighted by atomic mass is 35.5. The van der Waals surface area contributed by atoms with E-state index in [0.29, 0.717) is 16.3 Å². The first kappa shape index (κ1) is 24.8. The van der Waals surface area contributed by atoms with Crippen molar-refractivity contribution in [1.29, 1.82) is 0 Å². The van der Waals surface area contributed by atoms with Gasteiger partial charge in [-0.05, 0) is 73.7 Å². The second kappa shape index (κ2) is 10.4. The molecule has 5 nitrogen and oxygen atoms in total. The topological polar surface area (TPSA) is 66.5 Å². The summed E-state index contributed by atoms with van der Waals surface area (Å²) in [6.45, 7) is 7.35. The van der Waals surface area contributed by atoms with E-state index in [2.05, 4.69) is 5.32 Å². The molecule has 3 rings (SSSR count). The Morgan fingerprint density at radius 3 is 2.09 bits per heavy atom. The molecule has 0 aromatic heterocycles. The number of hydrogen-bond acceptors (Lipinski definition) is 3. The van der Waals surface area contributed by atoms with E-state index < -0.39 is 15.9 Å². The minimum atomic E-state index is -4.00. The van der Waals surface area contributed by atoms with Crippen molar-refractivity contribution in [3.8, 4) is 0 Å². The molecule has 0 aliphatic rings. The summed E-state index contributed by atoms with van der Waals surface area (Å²) in [5.41, 5.74) is 4.80. The standard InChI is InChI=1S/C26H29ClN2O3S/c1-5-20-8-7-9-21(6-2)26(20)28-25(30)17-29(24-15-12-22(27)16-19(24)4)33(31,32)23-13-10-18(3)11-14-23/h7-16H,5-6,17H2,1-4H3,(H,28,30). The zero-order valence-corrected chi connectivity index (χ0v) is 20.9. The van der Waals surface area contributed by atoms with Gasteiger partial charge >= 0.3 is 0 Å². The molecule has 0 aliphatic carbocycles. The van der Waals surface area contributed by atoms with Gasteiger partial charge in [-0.25, -0.2) is 8.42 Å². The zero-order valence-electron chi connectivity index (χ0n) is 19.4. The van der Waals surface area contributed by atoms with Gasteiger partial charge in [-0.2, -0.15) is 0 Å². The quantitative estimate of drug-likeness (QED) is 0.431. The van der Waals surface area contributed by atoms with Crippen LogP contribution in [0.1, 0.15) is 36.1 Å². The normalized spacial score (nSPS) is 11.3. The van der Waals surface area contributed by atoms with Crippen LogP contribution in [-0.2, 0) is 27.7 Å². The maximum Gasteiger partial charge on any atom is 0.264 e. The summed E-state index contributed by atoms with van der Waals surface area (Å²) in [6, 6.07) is 17.5. The lowest BCUT2D eigenvalue weighted by atomic mass is 10.0. The summed E-state index contributed by atoms with van der Waals surface area (Å²) in [7, 11) is -4.00. The molecule has 0 spiro atoms. The van der Waals surface area contributed by atoms with E-state index in [4.69, 9.17) is 11.6 Å². The predicted molar refractivity (Wildman–Crippen MR) is 136 cm³/mol. The number of sulfonamides is 1. The largest absolute Gasteiger partial charge is 0.324 e. The lowest BCUT2D eigenvalue weighted by Crippen LogP contribution is -2.38. The van der Waals surface area contributed by atoms with E-state index in [1.165, 1.54) is 0 Å². The molecule has 7 heteroatoms. The number of carbonyl (C=O) groups is 1. The Hall–Kier alpha value is -2.83. The molecule has 33 heavy (non-hydrogen) atoms. The average molecular weight is 485 g/mol. The number of aryl methyl sites for hydroxylation is 4. The molecule has 0 saturated carbocycles. The van der Waals surface area contributed by atoms with Gasteiger partial charge in [-0.15, -0.1) is 0 Å². The van der Waals surface area contributed by atoms with Crippen molar-refractivity contribution >= 4 is 38.9 Å². The number of nitrogens with one attached hydrogen (secondary N) is 1. The van der Waals surface area contributed by atoms with Crippen molar-refractivity contribution < 1.29 is 13.2 Å². The second-order valence-electron chi connectivity index (χ2n) is 7.96. The van der Waals surface area contributed by atoms with Crippen molar-refractivity contribution in [2.75, 3.05) is 16.2 Å². The number of nitrogens with zero attached hydrogens (tertiary/aromatic N) is 1. The molecule has 0 radical (unpaired) electrons. The van der Waals surface area contributed by atoms with Crippen LogP contribution in [0.15, 0.2) is 65.6 Å². The second-order valence-corrected chi connectivity index (χ2v) is 10.3.